The van der Waals surface area contributed by atoms with E-state index >= 15 is 0 Å². The van der Waals surface area contributed by atoms with Gasteiger partial charge in [-0.15, -0.1) is 0 Å². The molecule has 0 saturated carbocycles. The summed E-state index contributed by atoms with van der Waals surface area (Å²) in [7, 11) is 0. The highest BCUT2D eigenvalue weighted by Crippen LogP contribution is 2.09. The molecule has 0 spiro atoms. The van der Waals surface area contributed by atoms with Crippen LogP contribution in [0.5, 0.6) is 0 Å². The fourth-order valence-corrected chi connectivity index (χ4v) is 4.69. The van der Waals surface area contributed by atoms with E-state index in [-0.39, 0.29) is 25.2 Å². The zero-order valence-corrected chi connectivity index (χ0v) is 31.6. The maximum Gasteiger partial charge on any atom is 0.306 e. The van der Waals surface area contributed by atoms with Crippen LogP contribution >= 0.6 is 0 Å². The van der Waals surface area contributed by atoms with Crippen LogP contribution in [0.25, 0.3) is 0 Å². The van der Waals surface area contributed by atoms with Crippen LogP contribution in [-0.4, -0.2) is 36.4 Å². The molecule has 0 aromatic carbocycles. The first-order valence-electron chi connectivity index (χ1n) is 19.4. The number of unbranched alkanes of at least 4 members (excludes halogenated alkanes) is 7. The summed E-state index contributed by atoms with van der Waals surface area (Å²) in [5.74, 6) is -0.668. The van der Waals surface area contributed by atoms with Crippen LogP contribution in [0.2, 0.25) is 0 Å². The van der Waals surface area contributed by atoms with Crippen molar-refractivity contribution in [2.45, 2.75) is 148 Å². The van der Waals surface area contributed by atoms with E-state index < -0.39 is 6.10 Å². The molecule has 5 heteroatoms. The molecule has 0 aliphatic rings. The second-order valence-electron chi connectivity index (χ2n) is 12.2. The molecule has 1 unspecified atom stereocenters. The van der Waals surface area contributed by atoms with Crippen LogP contribution in [0.15, 0.2) is 109 Å². The van der Waals surface area contributed by atoms with Crippen molar-refractivity contribution in [3.05, 3.63) is 109 Å². The number of allylic oxidation sites excluding steroid dienone is 18. The van der Waals surface area contributed by atoms with Crippen molar-refractivity contribution in [3.8, 4) is 0 Å². The molecule has 280 valence electrons. The van der Waals surface area contributed by atoms with Gasteiger partial charge in [-0.05, 0) is 96.3 Å². The van der Waals surface area contributed by atoms with Gasteiger partial charge in [-0.2, -0.15) is 0 Å². The molecule has 0 aromatic rings. The van der Waals surface area contributed by atoms with Crippen LogP contribution in [0.3, 0.4) is 0 Å². The summed E-state index contributed by atoms with van der Waals surface area (Å²) in [5.41, 5.74) is 0. The van der Waals surface area contributed by atoms with Gasteiger partial charge in [0.15, 0.2) is 6.10 Å². The predicted molar refractivity (Wildman–Crippen MR) is 214 cm³/mol. The summed E-state index contributed by atoms with van der Waals surface area (Å²) in [4.78, 5) is 24.2. The zero-order chi connectivity index (χ0) is 36.4. The van der Waals surface area contributed by atoms with Crippen molar-refractivity contribution in [2.24, 2.45) is 0 Å². The van der Waals surface area contributed by atoms with E-state index in [1.165, 1.54) is 0 Å². The van der Waals surface area contributed by atoms with Crippen LogP contribution < -0.4 is 0 Å². The summed E-state index contributed by atoms with van der Waals surface area (Å²) in [6.07, 6.45) is 57.2. The minimum absolute atomic E-state index is 0.0997. The molecular weight excluding hydrogens is 620 g/mol. The minimum atomic E-state index is -0.804. The lowest BCUT2D eigenvalue weighted by Gasteiger charge is -2.15. The number of aliphatic hydroxyl groups is 1. The highest BCUT2D eigenvalue weighted by atomic mass is 16.6. The Labute approximate surface area is 306 Å². The van der Waals surface area contributed by atoms with Gasteiger partial charge in [-0.1, -0.05) is 142 Å². The number of aliphatic hydroxyl groups excluding tert-OH is 1. The molecule has 1 atom stereocenters. The van der Waals surface area contributed by atoms with E-state index in [1.54, 1.807) is 0 Å². The Balaban J connectivity index is 3.72. The van der Waals surface area contributed by atoms with Crippen LogP contribution in [-0.2, 0) is 19.1 Å². The lowest BCUT2D eigenvalue weighted by atomic mass is 10.1. The molecule has 0 radical (unpaired) electrons. The normalized spacial score (nSPS) is 13.4. The molecule has 50 heavy (non-hydrogen) atoms. The highest BCUT2D eigenvalue weighted by molar-refractivity contribution is 5.70. The van der Waals surface area contributed by atoms with Crippen molar-refractivity contribution < 1.29 is 24.2 Å². The quantitative estimate of drug-likeness (QED) is 0.0421. The standard InChI is InChI=1S/C45H70O5/c1-3-5-7-9-11-13-15-17-18-19-20-21-22-23-24-25-26-28-30-32-34-36-38-40-45(48)50-43(41-46)42-49-44(47)39-37-35-33-31-29-27-16-14-12-10-8-6-4-2/h5-8,11-14,17-18,20-21,23-24,26-29,43,46H,3-4,9-10,15-16,19,22,25,30-42H2,1-2H3/b7-5-,8-6-,13-11-,14-12-,18-17-,21-20-,24-23-,28-26-,29-27-. The molecule has 0 bridgehead atoms. The first-order valence-corrected chi connectivity index (χ1v) is 19.4. The summed E-state index contributed by atoms with van der Waals surface area (Å²) in [6, 6.07) is 0. The molecule has 0 aromatic heterocycles. The Morgan fingerprint density at radius 1 is 0.460 bits per heavy atom. The number of carbonyl (C=O) groups is 2. The zero-order valence-electron chi connectivity index (χ0n) is 31.6. The molecule has 1 N–H and O–H groups in total. The van der Waals surface area contributed by atoms with Crippen molar-refractivity contribution >= 4 is 11.9 Å². The van der Waals surface area contributed by atoms with Gasteiger partial charge in [0.25, 0.3) is 0 Å². The van der Waals surface area contributed by atoms with E-state index in [2.05, 4.69) is 123 Å². The SMILES string of the molecule is CC/C=C\C/C=C\C/C=C\C/C=C\C/C=C\C/C=C\CCCCCCC(=O)OC(CO)COC(=O)CCCCC/C=C\C/C=C\C/C=C\CC. The molecule has 0 aliphatic heterocycles. The van der Waals surface area contributed by atoms with Crippen LogP contribution in [0, 0.1) is 0 Å². The highest BCUT2D eigenvalue weighted by Gasteiger charge is 2.16. The lowest BCUT2D eigenvalue weighted by Crippen LogP contribution is -2.28. The Morgan fingerprint density at radius 3 is 1.20 bits per heavy atom. The van der Waals surface area contributed by atoms with Gasteiger partial charge in [-0.3, -0.25) is 9.59 Å². The second kappa shape index (κ2) is 40.0. The summed E-state index contributed by atoms with van der Waals surface area (Å²) < 4.78 is 10.5. The number of esters is 2. The van der Waals surface area contributed by atoms with E-state index in [0.29, 0.717) is 12.8 Å². The molecule has 5 nitrogen and oxygen atoms in total. The predicted octanol–water partition coefficient (Wildman–Crippen LogP) is 12.3. The lowest BCUT2D eigenvalue weighted by molar-refractivity contribution is -0.161. The Morgan fingerprint density at radius 2 is 0.800 bits per heavy atom. The summed E-state index contributed by atoms with van der Waals surface area (Å²) >= 11 is 0. The number of hydrogen-bond donors (Lipinski definition) is 1. The van der Waals surface area contributed by atoms with Crippen molar-refractivity contribution in [3.63, 3.8) is 0 Å². The average molecular weight is 691 g/mol. The summed E-state index contributed by atoms with van der Waals surface area (Å²) in [6.45, 7) is 3.83. The summed E-state index contributed by atoms with van der Waals surface area (Å²) in [5, 5.41) is 9.54. The third-order valence-electron chi connectivity index (χ3n) is 7.56. The molecule has 0 rings (SSSR count). The van der Waals surface area contributed by atoms with Gasteiger partial charge in [0.1, 0.15) is 6.61 Å². The van der Waals surface area contributed by atoms with Gasteiger partial charge in [0.2, 0.25) is 0 Å². The Bertz CT molecular complexity index is 1050. The van der Waals surface area contributed by atoms with Gasteiger partial charge >= 0.3 is 11.9 Å². The van der Waals surface area contributed by atoms with Crippen molar-refractivity contribution in [1.29, 1.82) is 0 Å². The molecule has 0 fully saturated rings. The maximum atomic E-state index is 12.2. The largest absolute Gasteiger partial charge is 0.462 e. The van der Waals surface area contributed by atoms with Gasteiger partial charge in [0.05, 0.1) is 6.61 Å². The Kier molecular flexibility index (Phi) is 37.2. The fourth-order valence-electron chi connectivity index (χ4n) is 4.69. The van der Waals surface area contributed by atoms with Crippen LogP contribution in [0.1, 0.15) is 142 Å². The fraction of sp³-hybridized carbons (Fsp3) is 0.556. The second-order valence-corrected chi connectivity index (χ2v) is 12.2. The topological polar surface area (TPSA) is 72.8 Å². The molecule has 0 aliphatic carbocycles. The smallest absolute Gasteiger partial charge is 0.306 e. The van der Waals surface area contributed by atoms with E-state index in [0.717, 1.165) is 116 Å². The van der Waals surface area contributed by atoms with Crippen molar-refractivity contribution in [2.75, 3.05) is 13.2 Å². The molecule has 0 heterocycles. The van der Waals surface area contributed by atoms with E-state index in [1.807, 2.05) is 0 Å². The van der Waals surface area contributed by atoms with Crippen LogP contribution in [0.4, 0.5) is 0 Å². The monoisotopic (exact) mass is 691 g/mol. The van der Waals surface area contributed by atoms with E-state index in [4.69, 9.17) is 9.47 Å². The number of rotatable bonds is 33. The number of hydrogen-bond acceptors (Lipinski definition) is 5. The van der Waals surface area contributed by atoms with Gasteiger partial charge in [-0.25, -0.2) is 0 Å². The maximum absolute atomic E-state index is 12.2. The molecule has 0 saturated heterocycles. The molecule has 0 amide bonds. The molecular formula is C45H70O5. The minimum Gasteiger partial charge on any atom is -0.462 e. The number of ether oxygens (including phenoxy) is 2. The van der Waals surface area contributed by atoms with E-state index in [9.17, 15) is 14.7 Å². The van der Waals surface area contributed by atoms with Gasteiger partial charge < -0.3 is 14.6 Å². The van der Waals surface area contributed by atoms with Crippen molar-refractivity contribution in [1.82, 2.24) is 0 Å². The average Bonchev–Trinajstić information content (AvgIpc) is 3.12. The third-order valence-corrected chi connectivity index (χ3v) is 7.56. The Hall–Kier alpha value is -3.44. The first kappa shape index (κ1) is 46.6. The van der Waals surface area contributed by atoms with Gasteiger partial charge in [0, 0.05) is 12.8 Å². The third kappa shape index (κ3) is 37.4. The first-order chi connectivity index (χ1) is 24.6. The number of carbonyl (C=O) groups excluding carboxylic acids is 2.